The van der Waals surface area contributed by atoms with Crippen LogP contribution in [0.15, 0.2) is 47.6 Å². The molecule has 0 bridgehead atoms. The van der Waals surface area contributed by atoms with E-state index in [2.05, 4.69) is 55.5 Å². The summed E-state index contributed by atoms with van der Waals surface area (Å²) in [6, 6.07) is 6.56. The average molecular weight is 297 g/mol. The van der Waals surface area contributed by atoms with E-state index < -0.39 is 0 Å². The van der Waals surface area contributed by atoms with Crippen LogP contribution < -0.4 is 0 Å². The summed E-state index contributed by atoms with van der Waals surface area (Å²) in [5.74, 6) is 1.05. The quantitative estimate of drug-likeness (QED) is 0.484. The highest BCUT2D eigenvalue weighted by atomic mass is 15.3. The van der Waals surface area contributed by atoms with Gasteiger partial charge in [-0.05, 0) is 45.5 Å². The molecule has 0 radical (unpaired) electrons. The van der Waals surface area contributed by atoms with Gasteiger partial charge >= 0.3 is 0 Å². The Bertz CT molecular complexity index is 591. The van der Waals surface area contributed by atoms with Crippen LogP contribution >= 0.6 is 0 Å². The van der Waals surface area contributed by atoms with E-state index in [-0.39, 0.29) is 0 Å². The van der Waals surface area contributed by atoms with E-state index >= 15 is 0 Å². The van der Waals surface area contributed by atoms with Crippen molar-refractivity contribution in [1.29, 1.82) is 0 Å². The molecule has 0 atom stereocenters. The normalized spacial score (nSPS) is 17.3. The Kier molecular flexibility index (Phi) is 5.56. The minimum absolute atomic E-state index is 0.803. The Morgan fingerprint density at radius 1 is 1.18 bits per heavy atom. The van der Waals surface area contributed by atoms with Gasteiger partial charge in [0, 0.05) is 31.7 Å². The molecular weight excluding hydrogens is 270 g/mol. The second kappa shape index (κ2) is 7.41. The summed E-state index contributed by atoms with van der Waals surface area (Å²) in [6.07, 6.45) is 3.94. The molecule has 1 aromatic rings. The molecular formula is C19H27N3. The Hall–Kier alpha value is -1.87. The first kappa shape index (κ1) is 16.5. The van der Waals surface area contributed by atoms with Crippen molar-refractivity contribution in [2.75, 3.05) is 33.2 Å². The summed E-state index contributed by atoms with van der Waals surface area (Å²) in [7, 11) is 2.17. The number of likely N-dealkylation sites (N-methyl/N-ethyl adjacent to an activating group) is 1. The molecule has 0 spiro atoms. The van der Waals surface area contributed by atoms with Crippen molar-refractivity contribution in [2.45, 2.75) is 20.8 Å². The summed E-state index contributed by atoms with van der Waals surface area (Å²) < 4.78 is 0. The van der Waals surface area contributed by atoms with Crippen molar-refractivity contribution in [3.63, 3.8) is 0 Å². The zero-order chi connectivity index (χ0) is 16.1. The molecule has 3 heteroatoms. The number of aryl methyl sites for hydroxylation is 2. The van der Waals surface area contributed by atoms with Crippen molar-refractivity contribution in [3.8, 4) is 0 Å². The Labute approximate surface area is 134 Å². The number of hydrogen-bond donors (Lipinski definition) is 0. The van der Waals surface area contributed by atoms with Gasteiger partial charge in [-0.3, -0.25) is 0 Å². The average Bonchev–Trinajstić information content (AvgIpc) is 2.49. The zero-order valence-corrected chi connectivity index (χ0v) is 14.3. The standard InChI is InChI=1S/C19H27N3/c1-6-7-17(4)20-19(22-12-10-21(5)11-13-22)18-14-15(2)8-9-16(18)3/h6-9,14H,4,10-13H2,1-3,5H3/b7-6-,20-19?. The minimum atomic E-state index is 0.803. The third kappa shape index (κ3) is 4.08. The van der Waals surface area contributed by atoms with Crippen LogP contribution in [0.2, 0.25) is 0 Å². The fraction of sp³-hybridized carbons (Fsp3) is 0.421. The van der Waals surface area contributed by atoms with E-state index in [4.69, 9.17) is 4.99 Å². The number of aliphatic imine (C=N–C) groups is 1. The van der Waals surface area contributed by atoms with Gasteiger partial charge < -0.3 is 9.80 Å². The molecule has 1 aliphatic rings. The second-order valence-corrected chi connectivity index (χ2v) is 6.04. The maximum absolute atomic E-state index is 4.83. The zero-order valence-electron chi connectivity index (χ0n) is 14.3. The molecule has 1 saturated heterocycles. The first-order valence-electron chi connectivity index (χ1n) is 7.92. The summed E-state index contributed by atoms with van der Waals surface area (Å²) in [5.41, 5.74) is 4.54. The molecule has 1 heterocycles. The van der Waals surface area contributed by atoms with E-state index in [0.717, 1.165) is 37.7 Å². The van der Waals surface area contributed by atoms with Crippen LogP contribution in [0.1, 0.15) is 23.6 Å². The predicted octanol–water partition coefficient (Wildman–Crippen LogP) is 3.39. The number of amidine groups is 1. The third-order valence-corrected chi connectivity index (χ3v) is 4.05. The lowest BCUT2D eigenvalue weighted by atomic mass is 10.0. The molecule has 1 aliphatic heterocycles. The van der Waals surface area contributed by atoms with Crippen LogP contribution in [0.5, 0.6) is 0 Å². The molecule has 0 amide bonds. The number of piperazine rings is 1. The number of hydrogen-bond acceptors (Lipinski definition) is 2. The molecule has 22 heavy (non-hydrogen) atoms. The Balaban J connectivity index is 2.41. The van der Waals surface area contributed by atoms with Crippen LogP contribution in [-0.2, 0) is 0 Å². The lowest BCUT2D eigenvalue weighted by Gasteiger charge is -2.35. The number of nitrogens with zero attached hydrogens (tertiary/aromatic N) is 3. The molecule has 1 fully saturated rings. The highest BCUT2D eigenvalue weighted by Gasteiger charge is 2.20. The highest BCUT2D eigenvalue weighted by molar-refractivity contribution is 6.01. The van der Waals surface area contributed by atoms with E-state index in [1.54, 1.807) is 0 Å². The van der Waals surface area contributed by atoms with Crippen LogP contribution in [0.4, 0.5) is 0 Å². The van der Waals surface area contributed by atoms with Crippen LogP contribution in [0.3, 0.4) is 0 Å². The molecule has 3 nitrogen and oxygen atoms in total. The number of rotatable bonds is 3. The van der Waals surface area contributed by atoms with Crippen molar-refractivity contribution in [2.24, 2.45) is 4.99 Å². The van der Waals surface area contributed by atoms with E-state index in [9.17, 15) is 0 Å². The van der Waals surface area contributed by atoms with Gasteiger partial charge in [0.15, 0.2) is 0 Å². The Morgan fingerprint density at radius 3 is 2.50 bits per heavy atom. The number of allylic oxidation sites excluding steroid dienone is 2. The Morgan fingerprint density at radius 2 is 1.86 bits per heavy atom. The van der Waals surface area contributed by atoms with Crippen LogP contribution in [0, 0.1) is 13.8 Å². The second-order valence-electron chi connectivity index (χ2n) is 6.04. The van der Waals surface area contributed by atoms with Crippen LogP contribution in [-0.4, -0.2) is 48.9 Å². The molecule has 0 aromatic heterocycles. The first-order chi connectivity index (χ1) is 10.5. The molecule has 118 valence electrons. The van der Waals surface area contributed by atoms with Crippen molar-refractivity contribution < 1.29 is 0 Å². The van der Waals surface area contributed by atoms with Crippen molar-refractivity contribution >= 4 is 5.84 Å². The van der Waals surface area contributed by atoms with Crippen molar-refractivity contribution in [3.05, 3.63) is 59.3 Å². The third-order valence-electron chi connectivity index (χ3n) is 4.05. The fourth-order valence-electron chi connectivity index (χ4n) is 2.66. The van der Waals surface area contributed by atoms with E-state index in [1.807, 2.05) is 19.1 Å². The smallest absolute Gasteiger partial charge is 0.136 e. The van der Waals surface area contributed by atoms with Gasteiger partial charge in [-0.2, -0.15) is 0 Å². The summed E-state index contributed by atoms with van der Waals surface area (Å²) in [5, 5.41) is 0. The molecule has 2 rings (SSSR count). The summed E-state index contributed by atoms with van der Waals surface area (Å²) in [4.78, 5) is 9.57. The molecule has 1 aromatic carbocycles. The predicted molar refractivity (Wildman–Crippen MR) is 95.5 cm³/mol. The fourth-order valence-corrected chi connectivity index (χ4v) is 2.66. The van der Waals surface area contributed by atoms with Gasteiger partial charge in [0.05, 0.1) is 5.70 Å². The van der Waals surface area contributed by atoms with Gasteiger partial charge in [0.1, 0.15) is 5.84 Å². The minimum Gasteiger partial charge on any atom is -0.354 e. The van der Waals surface area contributed by atoms with E-state index in [1.165, 1.54) is 16.7 Å². The maximum Gasteiger partial charge on any atom is 0.136 e. The summed E-state index contributed by atoms with van der Waals surface area (Å²) >= 11 is 0. The van der Waals surface area contributed by atoms with Gasteiger partial charge in [-0.25, -0.2) is 4.99 Å². The molecule has 0 aliphatic carbocycles. The van der Waals surface area contributed by atoms with Gasteiger partial charge in [0.2, 0.25) is 0 Å². The lowest BCUT2D eigenvalue weighted by molar-refractivity contribution is 0.215. The van der Waals surface area contributed by atoms with Crippen molar-refractivity contribution in [1.82, 2.24) is 9.80 Å². The van der Waals surface area contributed by atoms with Crippen LogP contribution in [0.25, 0.3) is 0 Å². The molecule has 0 N–H and O–H groups in total. The lowest BCUT2D eigenvalue weighted by Crippen LogP contribution is -2.47. The monoisotopic (exact) mass is 297 g/mol. The molecule has 0 unspecified atom stereocenters. The first-order valence-corrected chi connectivity index (χ1v) is 7.92. The van der Waals surface area contributed by atoms with Gasteiger partial charge in [0.25, 0.3) is 0 Å². The molecule has 0 saturated carbocycles. The van der Waals surface area contributed by atoms with E-state index in [0.29, 0.717) is 0 Å². The van der Waals surface area contributed by atoms with Gasteiger partial charge in [-0.1, -0.05) is 30.4 Å². The summed E-state index contributed by atoms with van der Waals surface area (Å²) in [6.45, 7) is 14.5. The maximum atomic E-state index is 4.83. The topological polar surface area (TPSA) is 18.8 Å². The van der Waals surface area contributed by atoms with Gasteiger partial charge in [-0.15, -0.1) is 0 Å². The largest absolute Gasteiger partial charge is 0.354 e. The highest BCUT2D eigenvalue weighted by Crippen LogP contribution is 2.17. The number of benzene rings is 1. The SMILES string of the molecule is C=C(/C=C\C)N=C(c1cc(C)ccc1C)N1CCN(C)CC1.